The van der Waals surface area contributed by atoms with Crippen LogP contribution in [0.2, 0.25) is 0 Å². The van der Waals surface area contributed by atoms with Gasteiger partial charge in [-0.3, -0.25) is 9.69 Å². The molecule has 2 saturated heterocycles. The molecule has 2 aliphatic rings. The lowest BCUT2D eigenvalue weighted by atomic mass is 10.1. The molecule has 6 heteroatoms. The minimum atomic E-state index is -0.504. The fourth-order valence-corrected chi connectivity index (χ4v) is 3.38. The molecule has 132 valence electrons. The Labute approximate surface area is 142 Å². The van der Waals surface area contributed by atoms with Crippen molar-refractivity contribution in [2.24, 2.45) is 0 Å². The number of hydrogen-bond acceptors (Lipinski definition) is 4. The lowest BCUT2D eigenvalue weighted by Gasteiger charge is -2.33. The normalized spacial score (nSPS) is 22.4. The van der Waals surface area contributed by atoms with Gasteiger partial charge in [-0.1, -0.05) is 6.92 Å². The van der Waals surface area contributed by atoms with Crippen molar-refractivity contribution >= 4 is 17.3 Å². The van der Waals surface area contributed by atoms with Crippen LogP contribution >= 0.6 is 0 Å². The zero-order chi connectivity index (χ0) is 16.9. The monoisotopic (exact) mass is 335 g/mol. The Bertz CT molecular complexity index is 575. The van der Waals surface area contributed by atoms with Gasteiger partial charge >= 0.3 is 0 Å². The van der Waals surface area contributed by atoms with Crippen LogP contribution in [0.3, 0.4) is 0 Å². The second-order valence-electron chi connectivity index (χ2n) is 6.45. The summed E-state index contributed by atoms with van der Waals surface area (Å²) in [4.78, 5) is 17.0. The average Bonchev–Trinajstić information content (AvgIpc) is 2.62. The van der Waals surface area contributed by atoms with Crippen molar-refractivity contribution in [3.8, 4) is 0 Å². The Kier molecular flexibility index (Phi) is 5.68. The summed E-state index contributed by atoms with van der Waals surface area (Å²) in [6, 6.07) is 4.62. The van der Waals surface area contributed by atoms with Crippen molar-refractivity contribution in [2.45, 2.75) is 32.3 Å². The van der Waals surface area contributed by atoms with Gasteiger partial charge in [-0.15, -0.1) is 0 Å². The van der Waals surface area contributed by atoms with Gasteiger partial charge in [0.2, 0.25) is 0 Å². The third kappa shape index (κ3) is 4.05. The van der Waals surface area contributed by atoms with Crippen LogP contribution in [0.25, 0.3) is 0 Å². The number of hydrogen-bond donors (Lipinski definition) is 1. The van der Waals surface area contributed by atoms with Gasteiger partial charge in [-0.05, 0) is 44.0 Å². The summed E-state index contributed by atoms with van der Waals surface area (Å²) in [5, 5.41) is 2.89. The van der Waals surface area contributed by atoms with Crippen molar-refractivity contribution in [2.75, 3.05) is 49.5 Å². The summed E-state index contributed by atoms with van der Waals surface area (Å²) in [5.41, 5.74) is 1.44. The molecule has 0 aromatic heterocycles. The number of morpholine rings is 1. The number of piperidine rings is 1. The highest BCUT2D eigenvalue weighted by Crippen LogP contribution is 2.29. The van der Waals surface area contributed by atoms with E-state index in [2.05, 4.69) is 22.0 Å². The van der Waals surface area contributed by atoms with Gasteiger partial charge in [-0.25, -0.2) is 4.39 Å². The maximum absolute atomic E-state index is 13.7. The molecule has 0 unspecified atom stereocenters. The van der Waals surface area contributed by atoms with Gasteiger partial charge in [-0.2, -0.15) is 0 Å². The van der Waals surface area contributed by atoms with E-state index in [1.165, 1.54) is 18.6 Å². The quantitative estimate of drug-likeness (QED) is 0.918. The first-order valence-corrected chi connectivity index (χ1v) is 8.86. The number of anilines is 2. The minimum Gasteiger partial charge on any atom is -0.370 e. The van der Waals surface area contributed by atoms with Crippen molar-refractivity contribution in [1.29, 1.82) is 0 Å². The number of carbonyl (C=O) groups excluding carboxylic acids is 1. The lowest BCUT2D eigenvalue weighted by molar-refractivity contribution is -0.132. The maximum Gasteiger partial charge on any atom is 0.254 e. The zero-order valence-corrected chi connectivity index (χ0v) is 14.3. The molecule has 1 atom stereocenters. The second kappa shape index (κ2) is 7.94. The van der Waals surface area contributed by atoms with E-state index in [1.807, 2.05) is 0 Å². The van der Waals surface area contributed by atoms with Gasteiger partial charge in [0.25, 0.3) is 5.91 Å². The maximum atomic E-state index is 13.7. The number of amides is 1. The summed E-state index contributed by atoms with van der Waals surface area (Å²) < 4.78 is 19.3. The number of halogens is 1. The largest absolute Gasteiger partial charge is 0.370 e. The first-order valence-electron chi connectivity index (χ1n) is 8.86. The van der Waals surface area contributed by atoms with E-state index in [1.54, 1.807) is 6.07 Å². The molecule has 2 heterocycles. The molecular formula is C18H26FN3O2. The Morgan fingerprint density at radius 3 is 2.83 bits per heavy atom. The zero-order valence-electron chi connectivity index (χ0n) is 14.3. The first kappa shape index (κ1) is 17.2. The number of nitrogens with one attached hydrogen (secondary N) is 1. The van der Waals surface area contributed by atoms with E-state index in [4.69, 9.17) is 4.74 Å². The van der Waals surface area contributed by atoms with E-state index in [-0.39, 0.29) is 11.7 Å². The molecule has 2 fully saturated rings. The number of nitrogens with zero attached hydrogens (tertiary/aromatic N) is 2. The van der Waals surface area contributed by atoms with E-state index in [0.717, 1.165) is 44.7 Å². The molecule has 1 N–H and O–H groups in total. The fourth-order valence-electron chi connectivity index (χ4n) is 3.38. The Balaban J connectivity index is 1.73. The predicted octanol–water partition coefficient (Wildman–Crippen LogP) is 2.48. The SMILES string of the molecule is CCN1CCO[C@H](C(=O)Nc2cc(F)ccc2N2CCCCC2)C1. The number of ether oxygens (including phenoxy) is 1. The van der Waals surface area contributed by atoms with Crippen molar-refractivity contribution in [3.63, 3.8) is 0 Å². The molecule has 5 nitrogen and oxygen atoms in total. The van der Waals surface area contributed by atoms with Gasteiger partial charge in [0.15, 0.2) is 0 Å². The molecule has 1 aromatic carbocycles. The summed E-state index contributed by atoms with van der Waals surface area (Å²) >= 11 is 0. The highest BCUT2D eigenvalue weighted by molar-refractivity contribution is 5.97. The topological polar surface area (TPSA) is 44.8 Å². The molecular weight excluding hydrogens is 309 g/mol. The summed E-state index contributed by atoms with van der Waals surface area (Å²) in [6.07, 6.45) is 2.97. The highest BCUT2D eigenvalue weighted by atomic mass is 19.1. The summed E-state index contributed by atoms with van der Waals surface area (Å²) in [6.45, 7) is 6.83. The molecule has 0 radical (unpaired) electrons. The molecule has 1 amide bonds. The third-order valence-corrected chi connectivity index (χ3v) is 4.80. The van der Waals surface area contributed by atoms with E-state index in [0.29, 0.717) is 18.8 Å². The van der Waals surface area contributed by atoms with E-state index in [9.17, 15) is 9.18 Å². The predicted molar refractivity (Wildman–Crippen MR) is 92.9 cm³/mol. The minimum absolute atomic E-state index is 0.197. The standard InChI is InChI=1S/C18H26FN3O2/c1-2-21-10-11-24-17(13-21)18(23)20-15-12-14(19)6-7-16(15)22-8-4-3-5-9-22/h6-7,12,17H,2-5,8-11,13H2,1H3,(H,20,23)/t17-/m0/s1. The molecule has 1 aromatic rings. The Morgan fingerprint density at radius 1 is 1.29 bits per heavy atom. The van der Waals surface area contributed by atoms with E-state index >= 15 is 0 Å². The molecule has 24 heavy (non-hydrogen) atoms. The number of benzene rings is 1. The Morgan fingerprint density at radius 2 is 2.08 bits per heavy atom. The number of carbonyl (C=O) groups is 1. The molecule has 2 aliphatic heterocycles. The smallest absolute Gasteiger partial charge is 0.254 e. The lowest BCUT2D eigenvalue weighted by Crippen LogP contribution is -2.47. The summed E-state index contributed by atoms with van der Waals surface area (Å²) in [7, 11) is 0. The van der Waals surface area contributed by atoms with Crippen LogP contribution in [0.15, 0.2) is 18.2 Å². The van der Waals surface area contributed by atoms with Crippen LogP contribution in [0.5, 0.6) is 0 Å². The molecule has 0 bridgehead atoms. The third-order valence-electron chi connectivity index (χ3n) is 4.80. The highest BCUT2D eigenvalue weighted by Gasteiger charge is 2.27. The van der Waals surface area contributed by atoms with Crippen molar-refractivity contribution in [1.82, 2.24) is 4.90 Å². The average molecular weight is 335 g/mol. The van der Waals surface area contributed by atoms with Gasteiger partial charge in [0.1, 0.15) is 11.9 Å². The number of rotatable bonds is 4. The summed E-state index contributed by atoms with van der Waals surface area (Å²) in [5.74, 6) is -0.539. The van der Waals surface area contributed by atoms with Gasteiger partial charge in [0, 0.05) is 26.2 Å². The molecule has 0 saturated carbocycles. The fraction of sp³-hybridized carbons (Fsp3) is 0.611. The molecule has 0 spiro atoms. The van der Waals surface area contributed by atoms with Crippen LogP contribution in [-0.4, -0.2) is 56.2 Å². The van der Waals surface area contributed by atoms with Crippen LogP contribution in [0.4, 0.5) is 15.8 Å². The van der Waals surface area contributed by atoms with Crippen molar-refractivity contribution in [3.05, 3.63) is 24.0 Å². The van der Waals surface area contributed by atoms with Crippen LogP contribution < -0.4 is 10.2 Å². The van der Waals surface area contributed by atoms with Crippen LogP contribution in [0, 0.1) is 5.82 Å². The van der Waals surface area contributed by atoms with Gasteiger partial charge < -0.3 is 15.0 Å². The molecule has 0 aliphatic carbocycles. The van der Waals surface area contributed by atoms with Gasteiger partial charge in [0.05, 0.1) is 18.0 Å². The Hall–Kier alpha value is -1.66. The molecule has 3 rings (SSSR count). The first-order chi connectivity index (χ1) is 11.7. The number of likely N-dealkylation sites (N-methyl/N-ethyl adjacent to an activating group) is 1. The second-order valence-corrected chi connectivity index (χ2v) is 6.45. The van der Waals surface area contributed by atoms with Crippen LogP contribution in [0.1, 0.15) is 26.2 Å². The van der Waals surface area contributed by atoms with E-state index < -0.39 is 6.10 Å². The van der Waals surface area contributed by atoms with Crippen LogP contribution in [-0.2, 0) is 9.53 Å². The van der Waals surface area contributed by atoms with Crippen molar-refractivity contribution < 1.29 is 13.9 Å².